The van der Waals surface area contributed by atoms with Crippen molar-refractivity contribution in [2.24, 2.45) is 14.1 Å². The Kier molecular flexibility index (Phi) is 6.17. The molecule has 1 amide bonds. The normalized spacial score (nSPS) is 13.1. The smallest absolute Gasteiger partial charge is 0.332 e. The molecule has 36 heavy (non-hydrogen) atoms. The van der Waals surface area contributed by atoms with Crippen LogP contribution in [0.25, 0.3) is 11.2 Å². The van der Waals surface area contributed by atoms with Crippen LogP contribution in [-0.4, -0.2) is 37.7 Å². The number of aryl methyl sites for hydroxylation is 2. The lowest BCUT2D eigenvalue weighted by atomic mass is 9.99. The van der Waals surface area contributed by atoms with Crippen LogP contribution in [0.15, 0.2) is 58.4 Å². The highest BCUT2D eigenvalue weighted by Crippen LogP contribution is 2.33. The molecular formula is C26H27FN6O3. The van der Waals surface area contributed by atoms with Crippen molar-refractivity contribution in [2.75, 3.05) is 23.3 Å². The summed E-state index contributed by atoms with van der Waals surface area (Å²) in [5, 5.41) is 2.96. The predicted molar refractivity (Wildman–Crippen MR) is 136 cm³/mol. The van der Waals surface area contributed by atoms with Crippen molar-refractivity contribution >= 4 is 28.4 Å². The van der Waals surface area contributed by atoms with Crippen LogP contribution in [0.4, 0.5) is 15.8 Å². The topological polar surface area (TPSA) is 94.2 Å². The van der Waals surface area contributed by atoms with Gasteiger partial charge in [0, 0.05) is 50.7 Å². The van der Waals surface area contributed by atoms with E-state index in [4.69, 9.17) is 0 Å². The Hall–Kier alpha value is -4.21. The number of aromatic nitrogens is 4. The molecule has 3 heterocycles. The second kappa shape index (κ2) is 9.44. The minimum Gasteiger partial charge on any atom is -0.371 e. The van der Waals surface area contributed by atoms with Gasteiger partial charge < -0.3 is 14.8 Å². The maximum absolute atomic E-state index is 13.2. The van der Waals surface area contributed by atoms with E-state index in [2.05, 4.69) is 15.2 Å². The molecule has 0 bridgehead atoms. The van der Waals surface area contributed by atoms with Gasteiger partial charge in [-0.3, -0.25) is 18.7 Å². The van der Waals surface area contributed by atoms with Gasteiger partial charge in [0.15, 0.2) is 11.2 Å². The average molecular weight is 491 g/mol. The molecule has 10 heteroatoms. The molecule has 2 aromatic heterocycles. The van der Waals surface area contributed by atoms with E-state index < -0.39 is 0 Å². The van der Waals surface area contributed by atoms with Crippen molar-refractivity contribution in [2.45, 2.75) is 25.8 Å². The van der Waals surface area contributed by atoms with E-state index in [0.29, 0.717) is 36.2 Å². The first-order valence-electron chi connectivity index (χ1n) is 11.9. The van der Waals surface area contributed by atoms with Gasteiger partial charge in [0.05, 0.1) is 6.33 Å². The predicted octanol–water partition coefficient (Wildman–Crippen LogP) is 2.67. The third-order valence-corrected chi connectivity index (χ3v) is 6.71. The molecule has 0 saturated carbocycles. The lowest BCUT2D eigenvalue weighted by molar-refractivity contribution is 0.102. The number of halogens is 1. The number of hydrogen-bond acceptors (Lipinski definition) is 5. The van der Waals surface area contributed by atoms with Crippen LogP contribution >= 0.6 is 0 Å². The van der Waals surface area contributed by atoms with Gasteiger partial charge in [-0.25, -0.2) is 14.2 Å². The monoisotopic (exact) mass is 490 g/mol. The fraction of sp³-hybridized carbons (Fsp3) is 0.308. The summed E-state index contributed by atoms with van der Waals surface area (Å²) in [6.45, 7) is 1.79. The fourth-order valence-corrected chi connectivity index (χ4v) is 4.86. The molecule has 5 rings (SSSR count). The van der Waals surface area contributed by atoms with Gasteiger partial charge in [-0.15, -0.1) is 0 Å². The first kappa shape index (κ1) is 23.5. The van der Waals surface area contributed by atoms with Gasteiger partial charge >= 0.3 is 5.69 Å². The standard InChI is InChI=1S/C26H27FN6O3/c1-30-16-28-23-22(30)25(35)33(26(36)31(23)2)15-5-14-32-13-4-6-19-20(7-3-8-21(19)32)29-24(34)17-9-11-18(27)12-10-17/h3,7-12,16H,4-6,13-15H2,1-2H3,(H,29,34). The first-order valence-corrected chi connectivity index (χ1v) is 11.9. The molecule has 186 valence electrons. The summed E-state index contributed by atoms with van der Waals surface area (Å²) in [6, 6.07) is 11.2. The Labute approximate surface area is 206 Å². The fourth-order valence-electron chi connectivity index (χ4n) is 4.86. The molecule has 1 N–H and O–H groups in total. The number of amides is 1. The largest absolute Gasteiger partial charge is 0.371 e. The minimum absolute atomic E-state index is 0.290. The molecular weight excluding hydrogens is 463 g/mol. The van der Waals surface area contributed by atoms with Gasteiger partial charge in [0.2, 0.25) is 0 Å². The molecule has 0 unspecified atom stereocenters. The number of nitrogens with zero attached hydrogens (tertiary/aromatic N) is 5. The molecule has 4 aromatic rings. The average Bonchev–Trinajstić information content (AvgIpc) is 3.27. The van der Waals surface area contributed by atoms with Crippen molar-refractivity contribution < 1.29 is 9.18 Å². The van der Waals surface area contributed by atoms with E-state index in [-0.39, 0.29) is 23.0 Å². The third kappa shape index (κ3) is 4.19. The maximum atomic E-state index is 13.2. The Bertz CT molecular complexity index is 1570. The summed E-state index contributed by atoms with van der Waals surface area (Å²) in [6.07, 6.45) is 3.87. The van der Waals surface area contributed by atoms with Crippen LogP contribution in [0.3, 0.4) is 0 Å². The van der Waals surface area contributed by atoms with E-state index in [9.17, 15) is 18.8 Å². The summed E-state index contributed by atoms with van der Waals surface area (Å²) in [4.78, 5) is 44.8. The van der Waals surface area contributed by atoms with Gasteiger partial charge in [-0.05, 0) is 61.2 Å². The highest BCUT2D eigenvalue weighted by Gasteiger charge is 2.21. The van der Waals surface area contributed by atoms with Crippen LogP contribution in [0.5, 0.6) is 0 Å². The molecule has 0 radical (unpaired) electrons. The highest BCUT2D eigenvalue weighted by molar-refractivity contribution is 6.05. The summed E-state index contributed by atoms with van der Waals surface area (Å²) < 4.78 is 17.5. The van der Waals surface area contributed by atoms with Crippen LogP contribution in [0.2, 0.25) is 0 Å². The minimum atomic E-state index is -0.389. The van der Waals surface area contributed by atoms with Crippen LogP contribution in [0, 0.1) is 5.82 Å². The highest BCUT2D eigenvalue weighted by atomic mass is 19.1. The van der Waals surface area contributed by atoms with E-state index in [1.807, 2.05) is 18.2 Å². The summed E-state index contributed by atoms with van der Waals surface area (Å²) in [5.41, 5.74) is 3.27. The number of hydrogen-bond donors (Lipinski definition) is 1. The van der Waals surface area contributed by atoms with Gasteiger partial charge in [0.1, 0.15) is 5.82 Å². The van der Waals surface area contributed by atoms with Crippen molar-refractivity contribution in [3.05, 3.63) is 86.6 Å². The Morgan fingerprint density at radius 3 is 2.64 bits per heavy atom. The zero-order chi connectivity index (χ0) is 25.4. The number of benzene rings is 2. The van der Waals surface area contributed by atoms with Crippen molar-refractivity contribution in [3.8, 4) is 0 Å². The molecule has 1 aliphatic heterocycles. The Morgan fingerprint density at radius 1 is 1.08 bits per heavy atom. The third-order valence-electron chi connectivity index (χ3n) is 6.71. The number of rotatable bonds is 6. The number of fused-ring (bicyclic) bond motifs is 2. The molecule has 9 nitrogen and oxygen atoms in total. The molecule has 0 aliphatic carbocycles. The molecule has 0 fully saturated rings. The maximum Gasteiger partial charge on any atom is 0.332 e. The van der Waals surface area contributed by atoms with Gasteiger partial charge in [0.25, 0.3) is 11.5 Å². The van der Waals surface area contributed by atoms with Crippen molar-refractivity contribution in [3.63, 3.8) is 0 Å². The number of anilines is 2. The van der Waals surface area contributed by atoms with E-state index in [1.54, 1.807) is 18.7 Å². The first-order chi connectivity index (χ1) is 17.3. The Balaban J connectivity index is 1.33. The number of carbonyl (C=O) groups is 1. The zero-order valence-corrected chi connectivity index (χ0v) is 20.2. The van der Waals surface area contributed by atoms with Crippen LogP contribution in [0.1, 0.15) is 28.8 Å². The lowest BCUT2D eigenvalue weighted by Gasteiger charge is -2.32. The van der Waals surface area contributed by atoms with E-state index in [0.717, 1.165) is 36.3 Å². The van der Waals surface area contributed by atoms with Gasteiger partial charge in [-0.2, -0.15) is 0 Å². The van der Waals surface area contributed by atoms with E-state index in [1.165, 1.54) is 39.7 Å². The second-order valence-electron chi connectivity index (χ2n) is 9.03. The molecule has 1 aliphatic rings. The number of nitrogens with one attached hydrogen (secondary N) is 1. The van der Waals surface area contributed by atoms with Crippen molar-refractivity contribution in [1.29, 1.82) is 0 Å². The number of carbonyl (C=O) groups excluding carboxylic acids is 1. The SMILES string of the molecule is Cn1cnc2c1c(=O)n(CCCN1CCCc3c(NC(=O)c4ccc(F)cc4)cccc31)c(=O)n2C. The number of imidazole rings is 1. The zero-order valence-electron chi connectivity index (χ0n) is 20.2. The molecule has 0 atom stereocenters. The summed E-state index contributed by atoms with van der Waals surface area (Å²) in [7, 11) is 3.36. The second-order valence-corrected chi connectivity index (χ2v) is 9.03. The van der Waals surface area contributed by atoms with E-state index >= 15 is 0 Å². The molecule has 2 aromatic carbocycles. The lowest BCUT2D eigenvalue weighted by Crippen LogP contribution is -2.40. The summed E-state index contributed by atoms with van der Waals surface area (Å²) in [5.74, 6) is -0.680. The quantitative estimate of drug-likeness (QED) is 0.449. The molecule has 0 spiro atoms. The Morgan fingerprint density at radius 2 is 1.86 bits per heavy atom. The summed E-state index contributed by atoms with van der Waals surface area (Å²) >= 11 is 0. The molecule has 0 saturated heterocycles. The van der Waals surface area contributed by atoms with Crippen LogP contribution < -0.4 is 21.5 Å². The van der Waals surface area contributed by atoms with Crippen LogP contribution in [-0.2, 0) is 27.1 Å². The van der Waals surface area contributed by atoms with Gasteiger partial charge in [-0.1, -0.05) is 6.07 Å². The van der Waals surface area contributed by atoms with Crippen molar-refractivity contribution in [1.82, 2.24) is 18.7 Å².